The van der Waals surface area contributed by atoms with E-state index in [9.17, 15) is 18.5 Å². The molecule has 0 spiro atoms. The van der Waals surface area contributed by atoms with Gasteiger partial charge in [0, 0.05) is 55.6 Å². The molecule has 31 heavy (non-hydrogen) atoms. The van der Waals surface area contributed by atoms with E-state index in [1.807, 2.05) is 11.8 Å². The molecule has 0 saturated carbocycles. The predicted molar refractivity (Wildman–Crippen MR) is 117 cm³/mol. The van der Waals surface area contributed by atoms with Crippen molar-refractivity contribution in [2.45, 2.75) is 11.8 Å². The minimum Gasteiger partial charge on any atom is -0.492 e. The zero-order chi connectivity index (χ0) is 22.0. The van der Waals surface area contributed by atoms with Gasteiger partial charge in [0.2, 0.25) is 10.0 Å². The molecule has 2 heterocycles. The number of anilines is 1. The second-order valence-electron chi connectivity index (χ2n) is 7.06. The molecule has 2 aromatic carbocycles. The summed E-state index contributed by atoms with van der Waals surface area (Å²) in [4.78, 5) is 17.0. The van der Waals surface area contributed by atoms with Gasteiger partial charge in [0.25, 0.3) is 5.69 Å². The minimum absolute atomic E-state index is 0.0287. The van der Waals surface area contributed by atoms with Crippen LogP contribution in [0.5, 0.6) is 5.75 Å². The topological polar surface area (TPSA) is 106 Å². The number of pyridine rings is 1. The number of nitro groups is 1. The predicted octanol–water partition coefficient (Wildman–Crippen LogP) is 3.05. The number of piperazine rings is 1. The zero-order valence-corrected chi connectivity index (χ0v) is 17.8. The van der Waals surface area contributed by atoms with Gasteiger partial charge in [-0.05, 0) is 43.3 Å². The van der Waals surface area contributed by atoms with Gasteiger partial charge in [-0.2, -0.15) is 4.31 Å². The molecule has 4 rings (SSSR count). The highest BCUT2D eigenvalue weighted by Gasteiger charge is 2.30. The first-order valence-corrected chi connectivity index (χ1v) is 11.4. The van der Waals surface area contributed by atoms with Gasteiger partial charge in [0.1, 0.15) is 11.3 Å². The fourth-order valence-corrected chi connectivity index (χ4v) is 5.33. The Morgan fingerprint density at radius 1 is 1.06 bits per heavy atom. The number of non-ortho nitro benzene ring substituents is 1. The molecule has 1 fully saturated rings. The number of benzene rings is 2. The van der Waals surface area contributed by atoms with E-state index in [0.717, 1.165) is 5.69 Å². The minimum atomic E-state index is -3.72. The summed E-state index contributed by atoms with van der Waals surface area (Å²) >= 11 is 0. The van der Waals surface area contributed by atoms with E-state index in [1.54, 1.807) is 42.6 Å². The summed E-state index contributed by atoms with van der Waals surface area (Å²) in [5.74, 6) is 0.556. The number of fused-ring (bicyclic) bond motifs is 1. The molecule has 1 saturated heterocycles. The molecule has 1 aromatic heterocycles. The molecule has 1 aliphatic rings. The van der Waals surface area contributed by atoms with Crippen LogP contribution in [0.15, 0.2) is 59.6 Å². The molecular weight excluding hydrogens is 420 g/mol. The average Bonchev–Trinajstić information content (AvgIpc) is 2.79. The molecule has 0 N–H and O–H groups in total. The van der Waals surface area contributed by atoms with Crippen LogP contribution in [0.1, 0.15) is 6.92 Å². The number of rotatable bonds is 6. The van der Waals surface area contributed by atoms with Crippen molar-refractivity contribution in [1.82, 2.24) is 9.29 Å². The van der Waals surface area contributed by atoms with Gasteiger partial charge in [-0.3, -0.25) is 15.1 Å². The van der Waals surface area contributed by atoms with Crippen molar-refractivity contribution in [2.75, 3.05) is 37.7 Å². The van der Waals surface area contributed by atoms with Crippen molar-refractivity contribution < 1.29 is 18.1 Å². The van der Waals surface area contributed by atoms with E-state index >= 15 is 0 Å². The Morgan fingerprint density at radius 3 is 2.42 bits per heavy atom. The van der Waals surface area contributed by atoms with Crippen LogP contribution in [0, 0.1) is 10.1 Å². The summed E-state index contributed by atoms with van der Waals surface area (Å²) in [5.41, 5.74) is 1.38. The fourth-order valence-electron chi connectivity index (χ4n) is 3.73. The number of ether oxygens (including phenoxy) is 1. The summed E-state index contributed by atoms with van der Waals surface area (Å²) in [6, 6.07) is 13.0. The molecule has 0 amide bonds. The monoisotopic (exact) mass is 442 g/mol. The van der Waals surface area contributed by atoms with Crippen molar-refractivity contribution in [1.29, 1.82) is 0 Å². The highest BCUT2D eigenvalue weighted by Crippen LogP contribution is 2.32. The van der Waals surface area contributed by atoms with Gasteiger partial charge in [0.15, 0.2) is 0 Å². The van der Waals surface area contributed by atoms with Gasteiger partial charge in [-0.15, -0.1) is 0 Å². The van der Waals surface area contributed by atoms with Gasteiger partial charge >= 0.3 is 0 Å². The number of sulfonamides is 1. The molecule has 0 unspecified atom stereocenters. The zero-order valence-electron chi connectivity index (χ0n) is 17.0. The Hall–Kier alpha value is -3.24. The third-order valence-corrected chi connectivity index (χ3v) is 7.23. The Kier molecular flexibility index (Phi) is 5.75. The lowest BCUT2D eigenvalue weighted by Crippen LogP contribution is -2.48. The third kappa shape index (κ3) is 4.04. The van der Waals surface area contributed by atoms with Crippen molar-refractivity contribution in [3.8, 4) is 5.75 Å². The van der Waals surface area contributed by atoms with Crippen molar-refractivity contribution in [3.05, 3.63) is 64.8 Å². The Balaban J connectivity index is 1.56. The lowest BCUT2D eigenvalue weighted by atomic mass is 10.2. The number of aromatic nitrogens is 1. The molecule has 162 valence electrons. The summed E-state index contributed by atoms with van der Waals surface area (Å²) in [5, 5.41) is 11.4. The van der Waals surface area contributed by atoms with Crippen LogP contribution in [0.3, 0.4) is 0 Å². The highest BCUT2D eigenvalue weighted by atomic mass is 32.2. The second kappa shape index (κ2) is 8.48. The number of hydrogen-bond donors (Lipinski definition) is 0. The van der Waals surface area contributed by atoms with Crippen molar-refractivity contribution in [2.24, 2.45) is 0 Å². The molecule has 0 atom stereocenters. The molecule has 9 nitrogen and oxygen atoms in total. The van der Waals surface area contributed by atoms with E-state index in [-0.39, 0.29) is 10.6 Å². The standard InChI is InChI=1S/C21H22N4O5S/c1-2-30-19-9-10-20(18-4-3-11-22-21(18)19)31(28,29)24-14-12-23(13-15-24)16-5-7-17(8-6-16)25(26)27/h3-11H,2,12-15H2,1H3. The number of nitrogens with zero attached hydrogens (tertiary/aromatic N) is 4. The highest BCUT2D eigenvalue weighted by molar-refractivity contribution is 7.89. The van der Waals surface area contributed by atoms with Crippen molar-refractivity contribution in [3.63, 3.8) is 0 Å². The lowest BCUT2D eigenvalue weighted by molar-refractivity contribution is -0.384. The van der Waals surface area contributed by atoms with Crippen LogP contribution in [0.2, 0.25) is 0 Å². The summed E-state index contributed by atoms with van der Waals surface area (Å²) in [6.45, 7) is 3.93. The number of hydrogen-bond acceptors (Lipinski definition) is 7. The normalized spacial score (nSPS) is 15.2. The largest absolute Gasteiger partial charge is 0.492 e. The Labute approximate surface area is 180 Å². The molecule has 0 bridgehead atoms. The summed E-state index contributed by atoms with van der Waals surface area (Å²) < 4.78 is 33.9. The van der Waals surface area contributed by atoms with E-state index in [0.29, 0.717) is 49.4 Å². The molecule has 1 aliphatic heterocycles. The average molecular weight is 442 g/mol. The van der Waals surface area contributed by atoms with Crippen molar-refractivity contribution >= 4 is 32.3 Å². The second-order valence-corrected chi connectivity index (χ2v) is 8.97. The molecule has 0 aliphatic carbocycles. The van der Waals surface area contributed by atoms with Gasteiger partial charge in [-0.1, -0.05) is 0 Å². The molecular formula is C21H22N4O5S. The third-order valence-electron chi connectivity index (χ3n) is 5.27. The maximum absolute atomic E-state index is 13.4. The van der Waals surface area contributed by atoms with Gasteiger partial charge in [-0.25, -0.2) is 8.42 Å². The Morgan fingerprint density at radius 2 is 1.77 bits per heavy atom. The van der Waals surface area contributed by atoms with Crippen LogP contribution in [-0.2, 0) is 10.0 Å². The SMILES string of the molecule is CCOc1ccc(S(=O)(=O)N2CCN(c3ccc([N+](=O)[O-])cc3)CC2)c2cccnc12. The van der Waals surface area contributed by atoms with E-state index in [4.69, 9.17) is 4.74 Å². The van der Waals surface area contributed by atoms with Gasteiger partial charge in [0.05, 0.1) is 16.4 Å². The number of nitro benzene ring substituents is 1. The first-order valence-electron chi connectivity index (χ1n) is 9.92. The first kappa shape index (κ1) is 21.0. The smallest absolute Gasteiger partial charge is 0.269 e. The van der Waals surface area contributed by atoms with Crippen LogP contribution in [0.25, 0.3) is 10.9 Å². The maximum Gasteiger partial charge on any atom is 0.269 e. The summed E-state index contributed by atoms with van der Waals surface area (Å²) in [7, 11) is -3.72. The van der Waals surface area contributed by atoms with E-state index < -0.39 is 14.9 Å². The quantitative estimate of drug-likeness (QED) is 0.427. The van der Waals surface area contributed by atoms with Crippen LogP contribution in [0.4, 0.5) is 11.4 Å². The fraction of sp³-hybridized carbons (Fsp3) is 0.286. The lowest BCUT2D eigenvalue weighted by Gasteiger charge is -2.35. The van der Waals surface area contributed by atoms with Crippen LogP contribution >= 0.6 is 0 Å². The van der Waals surface area contributed by atoms with Crippen LogP contribution < -0.4 is 9.64 Å². The summed E-state index contributed by atoms with van der Waals surface area (Å²) in [6.07, 6.45) is 1.62. The first-order chi connectivity index (χ1) is 14.9. The van der Waals surface area contributed by atoms with Gasteiger partial charge < -0.3 is 9.64 Å². The molecule has 0 radical (unpaired) electrons. The maximum atomic E-state index is 13.4. The van der Waals surface area contributed by atoms with E-state index in [1.165, 1.54) is 16.4 Å². The van der Waals surface area contributed by atoms with Crippen LogP contribution in [-0.4, -0.2) is 55.4 Å². The molecule has 10 heteroatoms. The molecule has 3 aromatic rings. The Bertz CT molecular complexity index is 1210. The van der Waals surface area contributed by atoms with E-state index in [2.05, 4.69) is 4.98 Å².